The van der Waals surface area contributed by atoms with Crippen LogP contribution in [0.15, 0.2) is 24.3 Å². The smallest absolute Gasteiger partial charge is 0.356 e. The van der Waals surface area contributed by atoms with Gasteiger partial charge in [-0.2, -0.15) is 13.2 Å². The van der Waals surface area contributed by atoms with Crippen molar-refractivity contribution < 1.29 is 18.0 Å². The summed E-state index contributed by atoms with van der Waals surface area (Å²) in [6, 6.07) is 7.11. The van der Waals surface area contributed by atoms with Crippen molar-refractivity contribution in [3.05, 3.63) is 34.9 Å². The summed E-state index contributed by atoms with van der Waals surface area (Å²) in [7, 11) is 0. The highest BCUT2D eigenvalue weighted by Crippen LogP contribution is 2.20. The van der Waals surface area contributed by atoms with Crippen LogP contribution in [-0.4, -0.2) is 18.6 Å². The van der Waals surface area contributed by atoms with Gasteiger partial charge in [-0.3, -0.25) is 4.79 Å². The van der Waals surface area contributed by atoms with Crippen molar-refractivity contribution in [1.82, 2.24) is 5.32 Å². The number of aryl methyl sites for hydroxylation is 1. The van der Waals surface area contributed by atoms with Crippen LogP contribution >= 0.6 is 11.6 Å². The molecule has 0 fully saturated rings. The summed E-state index contributed by atoms with van der Waals surface area (Å²) in [5, 5.41) is 3.10. The fraction of sp³-hybridized carbons (Fsp3) is 0.462. The van der Waals surface area contributed by atoms with E-state index in [0.29, 0.717) is 11.4 Å². The molecule has 0 spiro atoms. The molecule has 19 heavy (non-hydrogen) atoms. The molecule has 2 nitrogen and oxygen atoms in total. The van der Waals surface area contributed by atoms with Crippen molar-refractivity contribution in [2.75, 3.05) is 6.54 Å². The number of rotatable bonds is 6. The van der Waals surface area contributed by atoms with Gasteiger partial charge in [0.25, 0.3) is 0 Å². The monoisotopic (exact) mass is 293 g/mol. The van der Waals surface area contributed by atoms with Crippen molar-refractivity contribution in [1.29, 1.82) is 0 Å². The van der Waals surface area contributed by atoms with E-state index < -0.39 is 12.6 Å². The Labute approximate surface area is 114 Å². The van der Waals surface area contributed by atoms with E-state index in [2.05, 4.69) is 5.32 Å². The van der Waals surface area contributed by atoms with E-state index in [1.54, 1.807) is 12.1 Å². The van der Waals surface area contributed by atoms with Gasteiger partial charge < -0.3 is 5.32 Å². The van der Waals surface area contributed by atoms with Gasteiger partial charge in [-0.1, -0.05) is 23.7 Å². The molecule has 1 rings (SSSR count). The second kappa shape index (κ2) is 7.38. The lowest BCUT2D eigenvalue weighted by Gasteiger charge is -2.07. The van der Waals surface area contributed by atoms with Crippen LogP contribution in [0.3, 0.4) is 0 Å². The summed E-state index contributed by atoms with van der Waals surface area (Å²) in [6.45, 7) is 0.0545. The van der Waals surface area contributed by atoms with Crippen molar-refractivity contribution in [2.24, 2.45) is 0 Å². The minimum atomic E-state index is -4.16. The lowest BCUT2D eigenvalue weighted by molar-refractivity contribution is -0.136. The first-order chi connectivity index (χ1) is 8.87. The van der Waals surface area contributed by atoms with Crippen molar-refractivity contribution in [3.63, 3.8) is 0 Å². The number of nitrogens with one attached hydrogen (secondary N) is 1. The Morgan fingerprint density at radius 2 is 1.84 bits per heavy atom. The first-order valence-corrected chi connectivity index (χ1v) is 6.32. The Morgan fingerprint density at radius 1 is 1.21 bits per heavy atom. The Hall–Kier alpha value is -1.23. The van der Waals surface area contributed by atoms with Crippen LogP contribution in [-0.2, 0) is 11.2 Å². The van der Waals surface area contributed by atoms with Crippen LogP contribution in [0.4, 0.5) is 13.2 Å². The molecular formula is C13H15ClF3NO. The van der Waals surface area contributed by atoms with Gasteiger partial charge in [0.05, 0.1) is 0 Å². The zero-order chi connectivity index (χ0) is 14.3. The zero-order valence-electron chi connectivity index (χ0n) is 10.3. The summed E-state index contributed by atoms with van der Waals surface area (Å²) in [5.41, 5.74) is 0.967. The third kappa shape index (κ3) is 7.72. The number of hydrogen-bond acceptors (Lipinski definition) is 1. The fourth-order valence-corrected chi connectivity index (χ4v) is 1.64. The van der Waals surface area contributed by atoms with Crippen molar-refractivity contribution >= 4 is 17.5 Å². The van der Waals surface area contributed by atoms with Crippen molar-refractivity contribution in [3.8, 4) is 0 Å². The maximum Gasteiger partial charge on any atom is 0.389 e. The third-order valence-electron chi connectivity index (χ3n) is 2.51. The fourth-order valence-electron chi connectivity index (χ4n) is 1.51. The molecular weight excluding hydrogens is 279 g/mol. The lowest BCUT2D eigenvalue weighted by atomic mass is 10.1. The van der Waals surface area contributed by atoms with Gasteiger partial charge in [0.15, 0.2) is 0 Å². The van der Waals surface area contributed by atoms with Gasteiger partial charge in [0.1, 0.15) is 0 Å². The average Bonchev–Trinajstić information content (AvgIpc) is 2.33. The number of carbonyl (C=O) groups is 1. The van der Waals surface area contributed by atoms with E-state index in [0.717, 1.165) is 5.56 Å². The Kier molecular flexibility index (Phi) is 6.15. The number of benzene rings is 1. The van der Waals surface area contributed by atoms with Crippen molar-refractivity contribution in [2.45, 2.75) is 31.9 Å². The summed E-state index contributed by atoms with van der Waals surface area (Å²) in [4.78, 5) is 11.4. The summed E-state index contributed by atoms with van der Waals surface area (Å²) in [5.74, 6) is -0.239. The number of halogens is 4. The highest BCUT2D eigenvalue weighted by Gasteiger charge is 2.25. The minimum absolute atomic E-state index is 0.0545. The molecule has 0 aromatic heterocycles. The van der Waals surface area contributed by atoms with E-state index in [1.165, 1.54) is 0 Å². The van der Waals surface area contributed by atoms with Crippen LogP contribution in [0, 0.1) is 0 Å². The topological polar surface area (TPSA) is 29.1 Å². The molecule has 0 radical (unpaired) electrons. The number of amides is 1. The Balaban J connectivity index is 2.16. The largest absolute Gasteiger partial charge is 0.389 e. The molecule has 1 N–H and O–H groups in total. The lowest BCUT2D eigenvalue weighted by Crippen LogP contribution is -2.25. The zero-order valence-corrected chi connectivity index (χ0v) is 11.0. The molecule has 1 aromatic rings. The maximum atomic E-state index is 11.9. The maximum absolute atomic E-state index is 11.9. The van der Waals surface area contributed by atoms with E-state index in [1.807, 2.05) is 12.1 Å². The number of alkyl halides is 3. The summed E-state index contributed by atoms with van der Waals surface area (Å²) < 4.78 is 35.6. The van der Waals surface area contributed by atoms with Gasteiger partial charge in [0.2, 0.25) is 5.91 Å². The Morgan fingerprint density at radius 3 is 2.42 bits per heavy atom. The quantitative estimate of drug-likeness (QED) is 0.796. The van der Waals surface area contributed by atoms with E-state index in [4.69, 9.17) is 11.6 Å². The number of carbonyl (C=O) groups excluding carboxylic acids is 1. The molecule has 0 saturated heterocycles. The minimum Gasteiger partial charge on any atom is -0.356 e. The van der Waals surface area contributed by atoms with Crippen LogP contribution in [0.2, 0.25) is 5.02 Å². The van der Waals surface area contributed by atoms with Crippen LogP contribution in [0.1, 0.15) is 24.8 Å². The predicted molar refractivity (Wildman–Crippen MR) is 68.1 cm³/mol. The van der Waals surface area contributed by atoms with Crippen LogP contribution in [0.25, 0.3) is 0 Å². The number of hydrogen-bond donors (Lipinski definition) is 1. The molecule has 0 aliphatic carbocycles. The summed E-state index contributed by atoms with van der Waals surface area (Å²) in [6.07, 6.45) is -4.31. The first kappa shape index (κ1) is 15.8. The van der Waals surface area contributed by atoms with E-state index in [9.17, 15) is 18.0 Å². The molecule has 0 aliphatic rings. The van der Waals surface area contributed by atoms with Crippen LogP contribution in [0.5, 0.6) is 0 Å². The molecule has 0 saturated carbocycles. The molecule has 0 heterocycles. The molecule has 6 heteroatoms. The van der Waals surface area contributed by atoms with E-state index >= 15 is 0 Å². The third-order valence-corrected chi connectivity index (χ3v) is 2.77. The summed E-state index contributed by atoms with van der Waals surface area (Å²) >= 11 is 5.72. The van der Waals surface area contributed by atoms with Gasteiger partial charge >= 0.3 is 6.18 Å². The highest BCUT2D eigenvalue weighted by atomic mass is 35.5. The molecule has 0 bridgehead atoms. The first-order valence-electron chi connectivity index (χ1n) is 5.95. The standard InChI is InChI=1S/C13H15ClF3NO/c14-11-5-2-10(3-6-11)4-7-12(19)18-9-1-8-13(15,16)17/h2-3,5-6H,1,4,7-9H2,(H,18,19). The molecule has 0 unspecified atom stereocenters. The SMILES string of the molecule is O=C(CCc1ccc(Cl)cc1)NCCCC(F)(F)F. The van der Waals surface area contributed by atoms with Gasteiger partial charge in [-0.25, -0.2) is 0 Å². The molecule has 0 aliphatic heterocycles. The highest BCUT2D eigenvalue weighted by molar-refractivity contribution is 6.30. The molecule has 1 amide bonds. The second-order valence-electron chi connectivity index (χ2n) is 4.20. The molecule has 0 atom stereocenters. The second-order valence-corrected chi connectivity index (χ2v) is 4.63. The predicted octanol–water partition coefficient (Wildman–Crippen LogP) is 3.73. The van der Waals surface area contributed by atoms with Gasteiger partial charge in [0, 0.05) is 24.4 Å². The molecule has 1 aromatic carbocycles. The average molecular weight is 294 g/mol. The van der Waals surface area contributed by atoms with Gasteiger partial charge in [-0.05, 0) is 30.5 Å². The normalized spacial score (nSPS) is 11.4. The molecule has 106 valence electrons. The Bertz CT molecular complexity index is 403. The van der Waals surface area contributed by atoms with E-state index in [-0.39, 0.29) is 25.3 Å². The van der Waals surface area contributed by atoms with Gasteiger partial charge in [-0.15, -0.1) is 0 Å². The van der Waals surface area contributed by atoms with Crippen LogP contribution < -0.4 is 5.32 Å².